The molecule has 3 aromatic rings. The Hall–Kier alpha value is -2.54. The normalized spacial score (nSPS) is 11.3. The van der Waals surface area contributed by atoms with Gasteiger partial charge in [0.1, 0.15) is 6.54 Å². The number of amides is 1. The zero-order valence-corrected chi connectivity index (χ0v) is 21.8. The van der Waals surface area contributed by atoms with E-state index in [1.165, 1.54) is 35.9 Å². The van der Waals surface area contributed by atoms with Crippen molar-refractivity contribution < 1.29 is 13.2 Å². The van der Waals surface area contributed by atoms with Gasteiger partial charge in [-0.3, -0.25) is 9.10 Å². The molecular formula is C26H28Cl2N2O3S. The van der Waals surface area contributed by atoms with E-state index in [1.807, 2.05) is 6.92 Å². The van der Waals surface area contributed by atoms with E-state index in [2.05, 4.69) is 37.4 Å². The second kappa shape index (κ2) is 11.3. The Morgan fingerprint density at radius 3 is 2.21 bits per heavy atom. The fourth-order valence-corrected chi connectivity index (χ4v) is 5.29. The molecule has 0 unspecified atom stereocenters. The molecule has 0 aliphatic heterocycles. The van der Waals surface area contributed by atoms with Crippen molar-refractivity contribution in [2.45, 2.75) is 45.1 Å². The Balaban J connectivity index is 1.89. The average Bonchev–Trinajstić information content (AvgIpc) is 2.83. The van der Waals surface area contributed by atoms with E-state index in [4.69, 9.17) is 23.2 Å². The Kier molecular flexibility index (Phi) is 8.63. The topological polar surface area (TPSA) is 66.5 Å². The minimum absolute atomic E-state index is 0.0842. The van der Waals surface area contributed by atoms with Gasteiger partial charge in [-0.25, -0.2) is 8.42 Å². The predicted octanol–water partition coefficient (Wildman–Crippen LogP) is 5.94. The highest BCUT2D eigenvalue weighted by molar-refractivity contribution is 7.92. The van der Waals surface area contributed by atoms with Crippen LogP contribution in [0.15, 0.2) is 65.6 Å². The van der Waals surface area contributed by atoms with Crippen molar-refractivity contribution >= 4 is 44.8 Å². The van der Waals surface area contributed by atoms with Crippen molar-refractivity contribution in [1.29, 1.82) is 0 Å². The van der Waals surface area contributed by atoms with Crippen LogP contribution in [0.4, 0.5) is 5.69 Å². The molecule has 1 amide bonds. The lowest BCUT2D eigenvalue weighted by Crippen LogP contribution is -2.40. The van der Waals surface area contributed by atoms with E-state index in [0.717, 1.165) is 33.8 Å². The highest BCUT2D eigenvalue weighted by atomic mass is 35.5. The highest BCUT2D eigenvalue weighted by Gasteiger charge is 2.27. The van der Waals surface area contributed by atoms with Gasteiger partial charge in [0.15, 0.2) is 0 Å². The Labute approximate surface area is 211 Å². The van der Waals surface area contributed by atoms with Gasteiger partial charge in [-0.2, -0.15) is 0 Å². The number of carbonyl (C=O) groups excluding carboxylic acids is 1. The number of hydrogen-bond donors (Lipinski definition) is 1. The third kappa shape index (κ3) is 6.12. The fourth-order valence-electron chi connectivity index (χ4n) is 3.58. The molecule has 0 aromatic heterocycles. The maximum Gasteiger partial charge on any atom is 0.264 e. The molecule has 3 aromatic carbocycles. The van der Waals surface area contributed by atoms with Crippen LogP contribution in [0.2, 0.25) is 10.0 Å². The van der Waals surface area contributed by atoms with Crippen molar-refractivity contribution in [2.75, 3.05) is 10.8 Å². The molecule has 0 aliphatic rings. The summed E-state index contributed by atoms with van der Waals surface area (Å²) in [6.45, 7) is 5.93. The first-order valence-electron chi connectivity index (χ1n) is 11.1. The Morgan fingerprint density at radius 2 is 1.59 bits per heavy atom. The number of nitrogens with one attached hydrogen (secondary N) is 1. The summed E-state index contributed by atoms with van der Waals surface area (Å²) in [5, 5.41) is 3.38. The minimum atomic E-state index is -4.03. The standard InChI is InChI=1S/C26H28Cl2N2O3S/c1-4-19-8-9-20(5-2)21(14-19)16-29-26(31)17-30(22-10-13-24(27)25(28)15-22)34(32,33)23-11-6-18(3)7-12-23/h6-15H,4-5,16-17H2,1-3H3,(H,29,31). The number of sulfonamides is 1. The molecular weight excluding hydrogens is 491 g/mol. The summed E-state index contributed by atoms with van der Waals surface area (Å²) in [5.41, 5.74) is 4.54. The van der Waals surface area contributed by atoms with E-state index in [0.29, 0.717) is 11.6 Å². The summed E-state index contributed by atoms with van der Waals surface area (Å²) < 4.78 is 28.1. The summed E-state index contributed by atoms with van der Waals surface area (Å²) in [7, 11) is -4.03. The predicted molar refractivity (Wildman–Crippen MR) is 139 cm³/mol. The molecule has 8 heteroatoms. The maximum absolute atomic E-state index is 13.5. The lowest BCUT2D eigenvalue weighted by Gasteiger charge is -2.24. The highest BCUT2D eigenvalue weighted by Crippen LogP contribution is 2.30. The van der Waals surface area contributed by atoms with Crippen molar-refractivity contribution in [2.24, 2.45) is 0 Å². The van der Waals surface area contributed by atoms with Crippen LogP contribution in [0.5, 0.6) is 0 Å². The largest absolute Gasteiger partial charge is 0.350 e. The molecule has 34 heavy (non-hydrogen) atoms. The molecule has 0 saturated carbocycles. The van der Waals surface area contributed by atoms with Gasteiger partial charge in [0.25, 0.3) is 10.0 Å². The molecule has 0 fully saturated rings. The summed E-state index contributed by atoms with van der Waals surface area (Å²) in [4.78, 5) is 13.0. The number of aryl methyl sites for hydroxylation is 3. The van der Waals surface area contributed by atoms with Crippen LogP contribution >= 0.6 is 23.2 Å². The van der Waals surface area contributed by atoms with Gasteiger partial charge < -0.3 is 5.32 Å². The van der Waals surface area contributed by atoms with Crippen LogP contribution in [0.25, 0.3) is 0 Å². The number of halogens is 2. The number of nitrogens with zero attached hydrogens (tertiary/aromatic N) is 1. The molecule has 0 bridgehead atoms. The summed E-state index contributed by atoms with van der Waals surface area (Å²) >= 11 is 12.2. The molecule has 3 rings (SSSR count). The number of carbonyl (C=O) groups is 1. The second-order valence-electron chi connectivity index (χ2n) is 8.01. The van der Waals surface area contributed by atoms with E-state index in [1.54, 1.807) is 12.1 Å². The van der Waals surface area contributed by atoms with E-state index in [9.17, 15) is 13.2 Å². The van der Waals surface area contributed by atoms with Gasteiger partial charge in [-0.15, -0.1) is 0 Å². The molecule has 0 heterocycles. The summed E-state index contributed by atoms with van der Waals surface area (Å²) in [6.07, 6.45) is 1.73. The Bertz CT molecular complexity index is 1280. The van der Waals surface area contributed by atoms with Gasteiger partial charge in [-0.1, -0.05) is 72.9 Å². The average molecular weight is 519 g/mol. The van der Waals surface area contributed by atoms with Crippen molar-refractivity contribution in [3.63, 3.8) is 0 Å². The van der Waals surface area contributed by atoms with Crippen molar-refractivity contribution in [3.8, 4) is 0 Å². The summed E-state index contributed by atoms with van der Waals surface area (Å²) in [6, 6.07) is 17.2. The molecule has 0 radical (unpaired) electrons. The quantitative estimate of drug-likeness (QED) is 0.381. The van der Waals surface area contributed by atoms with E-state index >= 15 is 0 Å². The van der Waals surface area contributed by atoms with Gasteiger partial charge in [0.05, 0.1) is 20.6 Å². The van der Waals surface area contributed by atoms with Crippen molar-refractivity contribution in [1.82, 2.24) is 5.32 Å². The number of anilines is 1. The van der Waals surface area contributed by atoms with Gasteiger partial charge in [-0.05, 0) is 66.8 Å². The summed E-state index contributed by atoms with van der Waals surface area (Å²) in [5.74, 6) is -0.425. The third-order valence-corrected chi connectivity index (χ3v) is 8.15. The molecule has 1 N–H and O–H groups in total. The maximum atomic E-state index is 13.5. The van der Waals surface area contributed by atoms with Crippen molar-refractivity contribution in [3.05, 3.63) is 93.0 Å². The van der Waals surface area contributed by atoms with Crippen LogP contribution in [-0.4, -0.2) is 20.9 Å². The molecule has 0 aliphatic carbocycles. The number of benzene rings is 3. The van der Waals surface area contributed by atoms with Gasteiger partial charge >= 0.3 is 0 Å². The smallest absolute Gasteiger partial charge is 0.264 e. The van der Waals surface area contributed by atoms with Crippen LogP contribution in [0, 0.1) is 6.92 Å². The van der Waals surface area contributed by atoms with E-state index < -0.39 is 22.5 Å². The van der Waals surface area contributed by atoms with Gasteiger partial charge in [0.2, 0.25) is 5.91 Å². The minimum Gasteiger partial charge on any atom is -0.350 e. The first kappa shape index (κ1) is 26.1. The van der Waals surface area contributed by atoms with Crippen LogP contribution in [-0.2, 0) is 34.2 Å². The molecule has 5 nitrogen and oxygen atoms in total. The van der Waals surface area contributed by atoms with Crippen LogP contribution in [0.1, 0.15) is 36.1 Å². The Morgan fingerprint density at radius 1 is 0.882 bits per heavy atom. The zero-order valence-electron chi connectivity index (χ0n) is 19.4. The molecule has 0 atom stereocenters. The first-order valence-corrected chi connectivity index (χ1v) is 13.3. The lowest BCUT2D eigenvalue weighted by atomic mass is 10.0. The second-order valence-corrected chi connectivity index (χ2v) is 10.7. The molecule has 0 saturated heterocycles. The third-order valence-electron chi connectivity index (χ3n) is 5.62. The molecule has 0 spiro atoms. The van der Waals surface area contributed by atoms with Crippen LogP contribution < -0.4 is 9.62 Å². The van der Waals surface area contributed by atoms with Crippen LogP contribution in [0.3, 0.4) is 0 Å². The molecule has 180 valence electrons. The van der Waals surface area contributed by atoms with E-state index in [-0.39, 0.29) is 15.6 Å². The fraction of sp³-hybridized carbons (Fsp3) is 0.269. The SMILES string of the molecule is CCc1ccc(CC)c(CNC(=O)CN(c2ccc(Cl)c(Cl)c2)S(=O)(=O)c2ccc(C)cc2)c1. The monoisotopic (exact) mass is 518 g/mol. The zero-order chi connectivity index (χ0) is 24.9. The lowest BCUT2D eigenvalue weighted by molar-refractivity contribution is -0.119. The number of hydrogen-bond acceptors (Lipinski definition) is 3. The number of rotatable bonds is 9. The van der Waals surface area contributed by atoms with Gasteiger partial charge in [0, 0.05) is 6.54 Å². The first-order chi connectivity index (χ1) is 16.1.